The molecule has 0 unspecified atom stereocenters. The van der Waals surface area contributed by atoms with Gasteiger partial charge in [0.15, 0.2) is 0 Å². The van der Waals surface area contributed by atoms with Crippen LogP contribution in [0.4, 0.5) is 4.79 Å². The summed E-state index contributed by atoms with van der Waals surface area (Å²) in [6.07, 6.45) is -0.360. The third kappa shape index (κ3) is 5.18. The topological polar surface area (TPSA) is 91.8 Å². The van der Waals surface area contributed by atoms with Crippen LogP contribution in [0, 0.1) is 5.92 Å². The number of aromatic nitrogens is 1. The lowest BCUT2D eigenvalue weighted by atomic mass is 10.2. The number of piperazine rings is 1. The average molecular weight is 362 g/mol. The van der Waals surface area contributed by atoms with Crippen LogP contribution in [0.15, 0.2) is 18.2 Å². The molecule has 26 heavy (non-hydrogen) atoms. The van der Waals surface area contributed by atoms with Gasteiger partial charge in [0.25, 0.3) is 11.8 Å². The Balaban J connectivity index is 1.97. The highest BCUT2D eigenvalue weighted by Crippen LogP contribution is 2.09. The minimum absolute atomic E-state index is 0.224. The van der Waals surface area contributed by atoms with Crippen molar-refractivity contribution in [3.8, 4) is 0 Å². The molecule has 1 fully saturated rings. The molecule has 8 heteroatoms. The third-order valence-corrected chi connectivity index (χ3v) is 3.96. The van der Waals surface area contributed by atoms with Gasteiger partial charge < -0.3 is 19.9 Å². The highest BCUT2D eigenvalue weighted by Gasteiger charge is 2.26. The number of carbonyl (C=O) groups excluding carboxylic acids is 3. The fourth-order valence-corrected chi connectivity index (χ4v) is 2.54. The van der Waals surface area contributed by atoms with Gasteiger partial charge in [0.05, 0.1) is 6.61 Å². The maximum absolute atomic E-state index is 12.6. The highest BCUT2D eigenvalue weighted by molar-refractivity contribution is 5.96. The van der Waals surface area contributed by atoms with Gasteiger partial charge in [-0.3, -0.25) is 9.59 Å². The summed E-state index contributed by atoms with van der Waals surface area (Å²) in [6, 6.07) is 4.84. The van der Waals surface area contributed by atoms with Crippen LogP contribution in [0.1, 0.15) is 41.7 Å². The number of hydrogen-bond acceptors (Lipinski definition) is 5. The molecule has 3 amide bonds. The van der Waals surface area contributed by atoms with Crippen molar-refractivity contribution in [1.82, 2.24) is 20.1 Å². The van der Waals surface area contributed by atoms with E-state index in [-0.39, 0.29) is 29.3 Å². The van der Waals surface area contributed by atoms with Crippen LogP contribution >= 0.6 is 0 Å². The molecule has 0 spiro atoms. The van der Waals surface area contributed by atoms with Crippen molar-refractivity contribution in [2.75, 3.05) is 39.3 Å². The second kappa shape index (κ2) is 9.17. The van der Waals surface area contributed by atoms with Crippen molar-refractivity contribution in [2.45, 2.75) is 20.8 Å². The van der Waals surface area contributed by atoms with Crippen LogP contribution in [-0.2, 0) is 4.74 Å². The molecule has 1 aromatic rings. The monoisotopic (exact) mass is 362 g/mol. The second-order valence-corrected chi connectivity index (χ2v) is 6.49. The molecule has 2 rings (SSSR count). The van der Waals surface area contributed by atoms with E-state index in [1.54, 1.807) is 34.9 Å². The molecule has 1 aliphatic heterocycles. The molecule has 8 nitrogen and oxygen atoms in total. The summed E-state index contributed by atoms with van der Waals surface area (Å²) in [7, 11) is 0. The summed E-state index contributed by atoms with van der Waals surface area (Å²) >= 11 is 0. The Morgan fingerprint density at radius 3 is 2.35 bits per heavy atom. The molecule has 1 aromatic heterocycles. The minimum Gasteiger partial charge on any atom is -0.450 e. The summed E-state index contributed by atoms with van der Waals surface area (Å²) in [5, 5.41) is 2.79. The molecule has 0 saturated carbocycles. The average Bonchev–Trinajstić information content (AvgIpc) is 2.66. The SMILES string of the molecule is CCOC(=O)N1CCN(C(=O)c2cccc(C(=O)NCC(C)C)n2)CC1. The molecule has 0 atom stereocenters. The number of pyridine rings is 1. The maximum Gasteiger partial charge on any atom is 0.409 e. The summed E-state index contributed by atoms with van der Waals surface area (Å²) in [5.41, 5.74) is 0.452. The van der Waals surface area contributed by atoms with Crippen molar-refractivity contribution in [2.24, 2.45) is 5.92 Å². The molecule has 0 aliphatic carbocycles. The van der Waals surface area contributed by atoms with Gasteiger partial charge in [-0.25, -0.2) is 9.78 Å². The second-order valence-electron chi connectivity index (χ2n) is 6.49. The predicted molar refractivity (Wildman–Crippen MR) is 95.9 cm³/mol. The Kier molecular flexibility index (Phi) is 6.94. The zero-order valence-electron chi connectivity index (χ0n) is 15.5. The minimum atomic E-state index is -0.360. The van der Waals surface area contributed by atoms with E-state index in [9.17, 15) is 14.4 Å². The lowest BCUT2D eigenvalue weighted by Gasteiger charge is -2.33. The van der Waals surface area contributed by atoms with Crippen molar-refractivity contribution in [3.05, 3.63) is 29.6 Å². The predicted octanol–water partition coefficient (Wildman–Crippen LogP) is 1.38. The van der Waals surface area contributed by atoms with Gasteiger partial charge in [-0.1, -0.05) is 19.9 Å². The molecule has 1 aliphatic rings. The first kappa shape index (κ1) is 19.7. The standard InChI is InChI=1S/C18H26N4O4/c1-4-26-18(25)22-10-8-21(9-11-22)17(24)15-7-5-6-14(20-15)16(23)19-12-13(2)3/h5-7,13H,4,8-12H2,1-3H3,(H,19,23). The fourth-order valence-electron chi connectivity index (χ4n) is 2.54. The van der Waals surface area contributed by atoms with E-state index in [1.165, 1.54) is 0 Å². The number of amides is 3. The summed E-state index contributed by atoms with van der Waals surface area (Å²) in [5.74, 6) is -0.202. The van der Waals surface area contributed by atoms with E-state index in [0.29, 0.717) is 45.2 Å². The number of ether oxygens (including phenoxy) is 1. The van der Waals surface area contributed by atoms with Crippen LogP contribution < -0.4 is 5.32 Å². The molecule has 2 heterocycles. The molecular weight excluding hydrogens is 336 g/mol. The molecular formula is C18H26N4O4. The zero-order chi connectivity index (χ0) is 19.1. The van der Waals surface area contributed by atoms with E-state index in [2.05, 4.69) is 10.3 Å². The smallest absolute Gasteiger partial charge is 0.409 e. The van der Waals surface area contributed by atoms with Crippen molar-refractivity contribution in [1.29, 1.82) is 0 Å². The first-order valence-electron chi connectivity index (χ1n) is 8.88. The van der Waals surface area contributed by atoms with Gasteiger partial charge in [0.1, 0.15) is 11.4 Å². The normalized spacial score (nSPS) is 14.3. The molecule has 0 aromatic carbocycles. The van der Waals surface area contributed by atoms with Gasteiger partial charge >= 0.3 is 6.09 Å². The van der Waals surface area contributed by atoms with E-state index in [0.717, 1.165) is 0 Å². The van der Waals surface area contributed by atoms with Gasteiger partial charge in [0, 0.05) is 32.7 Å². The number of rotatable bonds is 5. The number of carbonyl (C=O) groups is 3. The molecule has 0 bridgehead atoms. The Labute approximate surface area is 153 Å². The van der Waals surface area contributed by atoms with Crippen LogP contribution in [-0.4, -0.2) is 72.0 Å². The van der Waals surface area contributed by atoms with Crippen LogP contribution in [0.5, 0.6) is 0 Å². The van der Waals surface area contributed by atoms with Gasteiger partial charge in [-0.15, -0.1) is 0 Å². The first-order valence-corrected chi connectivity index (χ1v) is 8.88. The van der Waals surface area contributed by atoms with E-state index < -0.39 is 0 Å². The highest BCUT2D eigenvalue weighted by atomic mass is 16.6. The van der Waals surface area contributed by atoms with Gasteiger partial charge in [-0.2, -0.15) is 0 Å². The van der Waals surface area contributed by atoms with Gasteiger partial charge in [0.2, 0.25) is 0 Å². The third-order valence-electron chi connectivity index (χ3n) is 3.96. The Bertz CT molecular complexity index is 654. The van der Waals surface area contributed by atoms with Crippen molar-refractivity contribution >= 4 is 17.9 Å². The zero-order valence-corrected chi connectivity index (χ0v) is 15.5. The largest absolute Gasteiger partial charge is 0.450 e. The van der Waals surface area contributed by atoms with E-state index in [4.69, 9.17) is 4.74 Å². The lowest BCUT2D eigenvalue weighted by Crippen LogP contribution is -2.50. The number of nitrogens with one attached hydrogen (secondary N) is 1. The molecule has 1 N–H and O–H groups in total. The quantitative estimate of drug-likeness (QED) is 0.854. The maximum atomic E-state index is 12.6. The number of nitrogens with zero attached hydrogens (tertiary/aromatic N) is 3. The van der Waals surface area contributed by atoms with Crippen LogP contribution in [0.3, 0.4) is 0 Å². The summed E-state index contributed by atoms with van der Waals surface area (Å²) in [6.45, 7) is 8.29. The summed E-state index contributed by atoms with van der Waals surface area (Å²) in [4.78, 5) is 43.9. The number of hydrogen-bond donors (Lipinski definition) is 1. The Hall–Kier alpha value is -2.64. The lowest BCUT2D eigenvalue weighted by molar-refractivity contribution is 0.0565. The van der Waals surface area contributed by atoms with Crippen LogP contribution in [0.25, 0.3) is 0 Å². The Morgan fingerprint density at radius 1 is 1.12 bits per heavy atom. The first-order chi connectivity index (χ1) is 12.4. The summed E-state index contributed by atoms with van der Waals surface area (Å²) < 4.78 is 4.97. The van der Waals surface area contributed by atoms with Crippen molar-refractivity contribution in [3.63, 3.8) is 0 Å². The molecule has 142 valence electrons. The fraction of sp³-hybridized carbons (Fsp3) is 0.556. The molecule has 0 radical (unpaired) electrons. The van der Waals surface area contributed by atoms with E-state index in [1.807, 2.05) is 13.8 Å². The van der Waals surface area contributed by atoms with Crippen LogP contribution in [0.2, 0.25) is 0 Å². The van der Waals surface area contributed by atoms with E-state index >= 15 is 0 Å². The van der Waals surface area contributed by atoms with Crippen molar-refractivity contribution < 1.29 is 19.1 Å². The Morgan fingerprint density at radius 2 is 1.73 bits per heavy atom. The van der Waals surface area contributed by atoms with Gasteiger partial charge in [-0.05, 0) is 25.0 Å². The molecule has 1 saturated heterocycles.